The molecule has 0 radical (unpaired) electrons. The molecule has 0 saturated carbocycles. The number of halogens is 1. The van der Waals surface area contributed by atoms with E-state index < -0.39 is 16.6 Å². The van der Waals surface area contributed by atoms with Crippen molar-refractivity contribution in [2.24, 2.45) is 0 Å². The van der Waals surface area contributed by atoms with Crippen LogP contribution in [-0.2, 0) is 0 Å². The zero-order valence-corrected chi connectivity index (χ0v) is 13.9. The molecule has 1 aromatic heterocycles. The first-order valence-electron chi connectivity index (χ1n) is 7.61. The third kappa shape index (κ3) is 3.27. The van der Waals surface area contributed by atoms with Crippen LogP contribution in [0.25, 0.3) is 5.69 Å². The number of aryl methyl sites for hydroxylation is 1. The van der Waals surface area contributed by atoms with Crippen LogP contribution in [-0.4, -0.2) is 25.8 Å². The number of benzene rings is 2. The summed E-state index contributed by atoms with van der Waals surface area (Å²) in [5, 5.41) is 21.2. The molecule has 0 aliphatic heterocycles. The van der Waals surface area contributed by atoms with Crippen molar-refractivity contribution in [3.05, 3.63) is 75.3 Å². The van der Waals surface area contributed by atoms with Gasteiger partial charge in [-0.3, -0.25) is 14.9 Å². The van der Waals surface area contributed by atoms with Crippen LogP contribution >= 0.6 is 0 Å². The predicted octanol–water partition coefficient (Wildman–Crippen LogP) is 3.18. The summed E-state index contributed by atoms with van der Waals surface area (Å²) >= 11 is 0. The van der Waals surface area contributed by atoms with Crippen LogP contribution in [0.5, 0.6) is 0 Å². The minimum atomic E-state index is -0.553. The number of hydrogen-bond donors (Lipinski definition) is 1. The van der Waals surface area contributed by atoms with Crippen LogP contribution < -0.4 is 5.32 Å². The molecule has 3 aromatic rings. The maximum absolute atomic E-state index is 13.6. The van der Waals surface area contributed by atoms with Crippen molar-refractivity contribution in [3.8, 4) is 5.69 Å². The number of nitro benzene ring substituents is 1. The summed E-state index contributed by atoms with van der Waals surface area (Å²) in [6.45, 7) is 3.24. The van der Waals surface area contributed by atoms with E-state index in [-0.39, 0.29) is 11.4 Å². The van der Waals surface area contributed by atoms with E-state index in [1.807, 2.05) is 0 Å². The number of nitro groups is 1. The fourth-order valence-electron chi connectivity index (χ4n) is 2.38. The van der Waals surface area contributed by atoms with E-state index in [0.29, 0.717) is 22.6 Å². The van der Waals surface area contributed by atoms with Crippen molar-refractivity contribution >= 4 is 17.3 Å². The molecule has 26 heavy (non-hydrogen) atoms. The summed E-state index contributed by atoms with van der Waals surface area (Å²) in [5.41, 5.74) is 1.51. The Morgan fingerprint density at radius 3 is 2.69 bits per heavy atom. The number of hydrogen-bond acceptors (Lipinski definition) is 5. The molecule has 0 aliphatic carbocycles. The molecular formula is C17H14FN5O3. The minimum absolute atomic E-state index is 0.0393. The standard InChI is InChI=1S/C17H14FN5O3/c1-10-6-7-12(8-15(10)18)19-17(24)16-11(2)22(21-20-16)13-4-3-5-14(9-13)23(25)26/h3-9H,1-2H3,(H,19,24). The van der Waals surface area contributed by atoms with Crippen LogP contribution in [0.4, 0.5) is 15.8 Å². The number of rotatable bonds is 4. The van der Waals surface area contributed by atoms with E-state index in [2.05, 4.69) is 15.6 Å². The predicted molar refractivity (Wildman–Crippen MR) is 91.8 cm³/mol. The maximum atomic E-state index is 13.6. The molecule has 0 fully saturated rings. The van der Waals surface area contributed by atoms with E-state index in [9.17, 15) is 19.3 Å². The lowest BCUT2D eigenvalue weighted by Crippen LogP contribution is -2.14. The first kappa shape index (κ1) is 17.2. The van der Waals surface area contributed by atoms with Gasteiger partial charge in [-0.2, -0.15) is 0 Å². The molecule has 0 saturated heterocycles. The Bertz CT molecular complexity index is 1020. The zero-order valence-electron chi connectivity index (χ0n) is 13.9. The average molecular weight is 355 g/mol. The molecule has 0 aliphatic rings. The third-order valence-electron chi connectivity index (χ3n) is 3.82. The fourth-order valence-corrected chi connectivity index (χ4v) is 2.38. The highest BCUT2D eigenvalue weighted by Crippen LogP contribution is 2.19. The Labute approximate surface area is 147 Å². The lowest BCUT2D eigenvalue weighted by Gasteiger charge is -2.06. The number of carbonyl (C=O) groups excluding carboxylic acids is 1. The average Bonchev–Trinajstić information content (AvgIpc) is 3.00. The smallest absolute Gasteiger partial charge is 0.278 e. The molecule has 3 rings (SSSR count). The van der Waals surface area contributed by atoms with Crippen molar-refractivity contribution < 1.29 is 14.1 Å². The normalized spacial score (nSPS) is 10.6. The van der Waals surface area contributed by atoms with Gasteiger partial charge in [0.25, 0.3) is 11.6 Å². The quantitative estimate of drug-likeness (QED) is 0.572. The second-order valence-electron chi connectivity index (χ2n) is 5.63. The molecule has 9 heteroatoms. The van der Waals surface area contributed by atoms with Crippen molar-refractivity contribution in [1.82, 2.24) is 15.0 Å². The van der Waals surface area contributed by atoms with Gasteiger partial charge in [0.1, 0.15) is 5.82 Å². The largest absolute Gasteiger partial charge is 0.320 e. The van der Waals surface area contributed by atoms with E-state index in [4.69, 9.17) is 0 Å². The number of nitrogens with one attached hydrogen (secondary N) is 1. The van der Waals surface area contributed by atoms with Crippen LogP contribution in [0.15, 0.2) is 42.5 Å². The van der Waals surface area contributed by atoms with Crippen molar-refractivity contribution in [1.29, 1.82) is 0 Å². The maximum Gasteiger partial charge on any atom is 0.278 e. The summed E-state index contributed by atoms with van der Waals surface area (Å²) in [6.07, 6.45) is 0. The summed E-state index contributed by atoms with van der Waals surface area (Å²) < 4.78 is 14.9. The van der Waals surface area contributed by atoms with Crippen LogP contribution in [0.1, 0.15) is 21.7 Å². The Morgan fingerprint density at radius 1 is 1.23 bits per heavy atom. The number of carbonyl (C=O) groups is 1. The molecule has 0 atom stereocenters. The minimum Gasteiger partial charge on any atom is -0.320 e. The number of non-ortho nitro benzene ring substituents is 1. The van der Waals surface area contributed by atoms with Crippen LogP contribution in [0.2, 0.25) is 0 Å². The van der Waals surface area contributed by atoms with Gasteiger partial charge in [-0.1, -0.05) is 17.3 Å². The van der Waals surface area contributed by atoms with E-state index in [1.165, 1.54) is 28.9 Å². The Balaban J connectivity index is 1.88. The number of anilines is 1. The topological polar surface area (TPSA) is 103 Å². The molecule has 1 heterocycles. The Hall–Kier alpha value is -3.62. The van der Waals surface area contributed by atoms with Crippen molar-refractivity contribution in [2.45, 2.75) is 13.8 Å². The monoisotopic (exact) mass is 355 g/mol. The lowest BCUT2D eigenvalue weighted by atomic mass is 10.2. The SMILES string of the molecule is Cc1ccc(NC(=O)c2nnn(-c3cccc([N+](=O)[O-])c3)c2C)cc1F. The van der Waals surface area contributed by atoms with Gasteiger partial charge < -0.3 is 5.32 Å². The molecule has 1 amide bonds. The van der Waals surface area contributed by atoms with E-state index in [0.717, 1.165) is 0 Å². The highest BCUT2D eigenvalue weighted by atomic mass is 19.1. The fraction of sp³-hybridized carbons (Fsp3) is 0.118. The lowest BCUT2D eigenvalue weighted by molar-refractivity contribution is -0.384. The Kier molecular flexibility index (Phi) is 4.44. The van der Waals surface area contributed by atoms with Crippen LogP contribution in [0.3, 0.4) is 0 Å². The first-order chi connectivity index (χ1) is 12.4. The van der Waals surface area contributed by atoms with Gasteiger partial charge in [0, 0.05) is 17.8 Å². The van der Waals surface area contributed by atoms with Crippen molar-refractivity contribution in [2.75, 3.05) is 5.32 Å². The second kappa shape index (κ2) is 6.71. The van der Waals surface area contributed by atoms with Crippen molar-refractivity contribution in [3.63, 3.8) is 0 Å². The first-order valence-corrected chi connectivity index (χ1v) is 7.61. The molecule has 8 nitrogen and oxygen atoms in total. The van der Waals surface area contributed by atoms with Gasteiger partial charge in [-0.25, -0.2) is 9.07 Å². The molecule has 132 valence electrons. The number of nitrogens with zero attached hydrogens (tertiary/aromatic N) is 4. The van der Waals surface area contributed by atoms with E-state index in [1.54, 1.807) is 32.0 Å². The number of aromatic nitrogens is 3. The van der Waals surface area contributed by atoms with Gasteiger partial charge in [0.2, 0.25) is 0 Å². The molecule has 2 aromatic carbocycles. The summed E-state index contributed by atoms with van der Waals surface area (Å²) in [7, 11) is 0. The highest BCUT2D eigenvalue weighted by Gasteiger charge is 2.19. The highest BCUT2D eigenvalue weighted by molar-refractivity contribution is 6.03. The Morgan fingerprint density at radius 2 is 2.00 bits per heavy atom. The molecule has 1 N–H and O–H groups in total. The zero-order chi connectivity index (χ0) is 18.8. The summed E-state index contributed by atoms with van der Waals surface area (Å²) in [5.74, 6) is -0.984. The van der Waals surface area contributed by atoms with Gasteiger partial charge >= 0.3 is 0 Å². The molecular weight excluding hydrogens is 341 g/mol. The van der Waals surface area contributed by atoms with Gasteiger partial charge in [0.15, 0.2) is 5.69 Å². The number of amides is 1. The van der Waals surface area contributed by atoms with Crippen LogP contribution in [0, 0.1) is 29.8 Å². The third-order valence-corrected chi connectivity index (χ3v) is 3.82. The van der Waals surface area contributed by atoms with Gasteiger partial charge in [-0.15, -0.1) is 5.10 Å². The molecule has 0 bridgehead atoms. The van der Waals surface area contributed by atoms with E-state index >= 15 is 0 Å². The second-order valence-corrected chi connectivity index (χ2v) is 5.63. The van der Waals surface area contributed by atoms with Gasteiger partial charge in [-0.05, 0) is 37.6 Å². The molecule has 0 unspecified atom stereocenters. The summed E-state index contributed by atoms with van der Waals surface area (Å²) in [4.78, 5) is 22.8. The van der Waals surface area contributed by atoms with Gasteiger partial charge in [0.05, 0.1) is 16.3 Å². The molecule has 0 spiro atoms. The summed E-state index contributed by atoms with van der Waals surface area (Å²) in [6, 6.07) is 10.2.